The van der Waals surface area contributed by atoms with Crippen LogP contribution in [0.25, 0.3) is 0 Å². The Balaban J connectivity index is 3.68. The Hall–Kier alpha value is -0.930. The summed E-state index contributed by atoms with van der Waals surface area (Å²) in [4.78, 5) is 10.2. The molecule has 0 aliphatic heterocycles. The van der Waals surface area contributed by atoms with E-state index >= 15 is 0 Å². The SMILES string of the molecule is C=C(F)C(=O)OC(F)CC. The number of hydrogen-bond acceptors (Lipinski definition) is 2. The number of alkyl halides is 1. The highest BCUT2D eigenvalue weighted by atomic mass is 19.1. The zero-order valence-corrected chi connectivity index (χ0v) is 5.56. The summed E-state index contributed by atoms with van der Waals surface area (Å²) in [6.07, 6.45) is -1.72. The molecule has 0 radical (unpaired) electrons. The largest absolute Gasteiger partial charge is 0.426 e. The molecule has 0 saturated carbocycles. The average Bonchev–Trinajstić information content (AvgIpc) is 1.87. The Morgan fingerprint density at radius 3 is 2.60 bits per heavy atom. The van der Waals surface area contributed by atoms with E-state index in [0.29, 0.717) is 0 Å². The summed E-state index contributed by atoms with van der Waals surface area (Å²) in [6.45, 7) is 4.11. The van der Waals surface area contributed by atoms with E-state index in [4.69, 9.17) is 0 Å². The number of carbonyl (C=O) groups is 1. The van der Waals surface area contributed by atoms with Crippen LogP contribution in [-0.2, 0) is 9.53 Å². The highest BCUT2D eigenvalue weighted by molar-refractivity contribution is 5.85. The van der Waals surface area contributed by atoms with E-state index in [-0.39, 0.29) is 6.42 Å². The molecular weight excluding hydrogens is 142 g/mol. The Morgan fingerprint density at radius 2 is 2.30 bits per heavy atom. The van der Waals surface area contributed by atoms with Gasteiger partial charge in [0.2, 0.25) is 12.2 Å². The van der Waals surface area contributed by atoms with Crippen LogP contribution in [0.2, 0.25) is 0 Å². The van der Waals surface area contributed by atoms with Crippen molar-refractivity contribution in [3.8, 4) is 0 Å². The van der Waals surface area contributed by atoms with Gasteiger partial charge < -0.3 is 4.74 Å². The molecule has 10 heavy (non-hydrogen) atoms. The van der Waals surface area contributed by atoms with Crippen molar-refractivity contribution in [3.05, 3.63) is 12.4 Å². The summed E-state index contributed by atoms with van der Waals surface area (Å²) in [5.41, 5.74) is 0. The molecule has 0 N–H and O–H groups in total. The van der Waals surface area contributed by atoms with E-state index in [1.54, 1.807) is 0 Å². The number of ether oxygens (including phenoxy) is 1. The first-order valence-electron chi connectivity index (χ1n) is 2.77. The highest BCUT2D eigenvalue weighted by Gasteiger charge is 2.12. The third kappa shape index (κ3) is 3.17. The van der Waals surface area contributed by atoms with Crippen molar-refractivity contribution >= 4 is 5.97 Å². The van der Waals surface area contributed by atoms with Gasteiger partial charge in [0.25, 0.3) is 0 Å². The first kappa shape index (κ1) is 9.07. The summed E-state index contributed by atoms with van der Waals surface area (Å²) in [5, 5.41) is 0. The predicted octanol–water partition coefficient (Wildman–Crippen LogP) is 1.72. The Bertz CT molecular complexity index is 145. The van der Waals surface area contributed by atoms with E-state index in [9.17, 15) is 13.6 Å². The van der Waals surface area contributed by atoms with Crippen molar-refractivity contribution in [3.63, 3.8) is 0 Å². The summed E-state index contributed by atoms with van der Waals surface area (Å²) < 4.78 is 27.7. The van der Waals surface area contributed by atoms with Gasteiger partial charge in [-0.3, -0.25) is 0 Å². The summed E-state index contributed by atoms with van der Waals surface area (Å²) in [6, 6.07) is 0. The van der Waals surface area contributed by atoms with E-state index in [2.05, 4.69) is 11.3 Å². The second-order valence-electron chi connectivity index (χ2n) is 1.63. The lowest BCUT2D eigenvalue weighted by atomic mass is 10.5. The van der Waals surface area contributed by atoms with Crippen LogP contribution in [0.4, 0.5) is 8.78 Å². The fourth-order valence-electron chi connectivity index (χ4n) is 0.263. The van der Waals surface area contributed by atoms with Crippen LogP contribution >= 0.6 is 0 Å². The van der Waals surface area contributed by atoms with Gasteiger partial charge in [-0.1, -0.05) is 13.5 Å². The maximum atomic E-state index is 12.1. The van der Waals surface area contributed by atoms with Crippen molar-refractivity contribution in [2.75, 3.05) is 0 Å². The van der Waals surface area contributed by atoms with E-state index in [1.165, 1.54) is 6.92 Å². The van der Waals surface area contributed by atoms with Gasteiger partial charge in [-0.25, -0.2) is 9.18 Å². The second kappa shape index (κ2) is 3.98. The molecule has 0 aliphatic carbocycles. The van der Waals surface area contributed by atoms with Gasteiger partial charge in [0.05, 0.1) is 0 Å². The molecule has 0 saturated heterocycles. The molecule has 0 aromatic carbocycles. The van der Waals surface area contributed by atoms with Crippen LogP contribution in [0.5, 0.6) is 0 Å². The van der Waals surface area contributed by atoms with Crippen LogP contribution in [-0.4, -0.2) is 12.3 Å². The normalized spacial score (nSPS) is 12.3. The quantitative estimate of drug-likeness (QED) is 0.452. The molecular formula is C6H8F2O2. The maximum absolute atomic E-state index is 12.1. The van der Waals surface area contributed by atoms with E-state index < -0.39 is 18.2 Å². The number of halogens is 2. The standard InChI is InChI=1S/C6H8F2O2/c1-3-5(8)10-6(9)4(2)7/h5H,2-3H2,1H3. The lowest BCUT2D eigenvalue weighted by Gasteiger charge is -2.04. The first-order valence-corrected chi connectivity index (χ1v) is 2.77. The van der Waals surface area contributed by atoms with Crippen LogP contribution in [0, 0.1) is 0 Å². The van der Waals surface area contributed by atoms with Crippen molar-refractivity contribution in [2.24, 2.45) is 0 Å². The van der Waals surface area contributed by atoms with Gasteiger partial charge in [0.15, 0.2) is 0 Å². The Kier molecular flexibility index (Phi) is 3.61. The molecule has 4 heteroatoms. The van der Waals surface area contributed by atoms with Gasteiger partial charge in [-0.05, 0) is 0 Å². The lowest BCUT2D eigenvalue weighted by Crippen LogP contribution is -2.12. The minimum absolute atomic E-state index is 0.0129. The molecule has 2 nitrogen and oxygen atoms in total. The van der Waals surface area contributed by atoms with Gasteiger partial charge >= 0.3 is 5.97 Å². The van der Waals surface area contributed by atoms with Gasteiger partial charge in [-0.2, -0.15) is 4.39 Å². The van der Waals surface area contributed by atoms with Crippen LogP contribution in [0.3, 0.4) is 0 Å². The number of carbonyl (C=O) groups excluding carboxylic acids is 1. The molecule has 0 aromatic heterocycles. The maximum Gasteiger partial charge on any atom is 0.369 e. The molecule has 0 amide bonds. The first-order chi connectivity index (χ1) is 4.57. The third-order valence-corrected chi connectivity index (χ3v) is 0.777. The average molecular weight is 150 g/mol. The molecule has 0 bridgehead atoms. The minimum atomic E-state index is -1.74. The summed E-state index contributed by atoms with van der Waals surface area (Å²) in [5.74, 6) is -2.62. The molecule has 1 atom stereocenters. The predicted molar refractivity (Wildman–Crippen MR) is 31.5 cm³/mol. The van der Waals surface area contributed by atoms with Gasteiger partial charge in [0.1, 0.15) is 0 Å². The second-order valence-corrected chi connectivity index (χ2v) is 1.63. The minimum Gasteiger partial charge on any atom is -0.426 e. The lowest BCUT2D eigenvalue weighted by molar-refractivity contribution is -0.154. The Morgan fingerprint density at radius 1 is 1.80 bits per heavy atom. The fraction of sp³-hybridized carbons (Fsp3) is 0.500. The van der Waals surface area contributed by atoms with Crippen LogP contribution < -0.4 is 0 Å². The number of rotatable bonds is 3. The topological polar surface area (TPSA) is 26.3 Å². The van der Waals surface area contributed by atoms with E-state index in [1.807, 2.05) is 0 Å². The number of hydrogen-bond donors (Lipinski definition) is 0. The molecule has 0 aromatic rings. The monoisotopic (exact) mass is 150 g/mol. The molecule has 0 heterocycles. The third-order valence-electron chi connectivity index (χ3n) is 0.777. The number of esters is 1. The van der Waals surface area contributed by atoms with E-state index in [0.717, 1.165) is 0 Å². The van der Waals surface area contributed by atoms with Crippen LogP contribution in [0.15, 0.2) is 12.4 Å². The molecule has 0 spiro atoms. The van der Waals surface area contributed by atoms with Crippen molar-refractivity contribution in [1.29, 1.82) is 0 Å². The smallest absolute Gasteiger partial charge is 0.369 e. The van der Waals surface area contributed by atoms with Crippen molar-refractivity contribution in [2.45, 2.75) is 19.7 Å². The molecule has 0 aliphatic rings. The molecule has 0 fully saturated rings. The van der Waals surface area contributed by atoms with Crippen molar-refractivity contribution < 1.29 is 18.3 Å². The summed E-state index contributed by atoms with van der Waals surface area (Å²) in [7, 11) is 0. The molecule has 1 unspecified atom stereocenters. The molecule has 0 rings (SSSR count). The Labute approximate surface area is 57.5 Å². The molecule has 58 valence electrons. The van der Waals surface area contributed by atoms with Crippen LogP contribution in [0.1, 0.15) is 13.3 Å². The zero-order valence-electron chi connectivity index (χ0n) is 5.56. The van der Waals surface area contributed by atoms with Gasteiger partial charge in [0, 0.05) is 6.42 Å². The fourth-order valence-corrected chi connectivity index (χ4v) is 0.263. The van der Waals surface area contributed by atoms with Gasteiger partial charge in [-0.15, -0.1) is 0 Å². The summed E-state index contributed by atoms with van der Waals surface area (Å²) >= 11 is 0. The van der Waals surface area contributed by atoms with Crippen molar-refractivity contribution in [1.82, 2.24) is 0 Å². The highest BCUT2D eigenvalue weighted by Crippen LogP contribution is 2.03. The zero-order chi connectivity index (χ0) is 8.15.